The lowest BCUT2D eigenvalue weighted by Gasteiger charge is -2.37. The Balaban J connectivity index is 1.97. The number of hydrogen-bond donors (Lipinski definition) is 0. The van der Waals surface area contributed by atoms with Gasteiger partial charge in [-0.15, -0.1) is 0 Å². The summed E-state index contributed by atoms with van der Waals surface area (Å²) in [5.41, 5.74) is 1.36. The van der Waals surface area contributed by atoms with Crippen molar-refractivity contribution in [2.24, 2.45) is 0 Å². The summed E-state index contributed by atoms with van der Waals surface area (Å²) < 4.78 is 5.29. The van der Waals surface area contributed by atoms with E-state index in [0.29, 0.717) is 0 Å². The molecule has 18 heavy (non-hydrogen) atoms. The first kappa shape index (κ1) is 13.9. The van der Waals surface area contributed by atoms with E-state index in [1.165, 1.54) is 37.8 Å². The van der Waals surface area contributed by atoms with Gasteiger partial charge in [0.1, 0.15) is 5.75 Å². The predicted molar refractivity (Wildman–Crippen MR) is 79.5 cm³/mol. The number of methoxy groups -OCH3 is 1. The van der Waals surface area contributed by atoms with E-state index in [1.807, 2.05) is 6.07 Å². The molecule has 1 aliphatic carbocycles. The van der Waals surface area contributed by atoms with Crippen molar-refractivity contribution in [1.29, 1.82) is 0 Å². The van der Waals surface area contributed by atoms with Gasteiger partial charge < -0.3 is 4.74 Å². The van der Waals surface area contributed by atoms with E-state index < -0.39 is 0 Å². The molecule has 1 aliphatic rings. The zero-order chi connectivity index (χ0) is 12.8. The average Bonchev–Trinajstić information content (AvgIpc) is 2.34. The fraction of sp³-hybridized carbons (Fsp3) is 0.600. The second kappa shape index (κ2) is 7.15. The maximum absolute atomic E-state index is 5.29. The van der Waals surface area contributed by atoms with Gasteiger partial charge >= 0.3 is 0 Å². The molecule has 1 aromatic carbocycles. The van der Waals surface area contributed by atoms with Gasteiger partial charge in [-0.2, -0.15) is 0 Å². The highest BCUT2D eigenvalue weighted by Gasteiger charge is 2.24. The fourth-order valence-electron chi connectivity index (χ4n) is 2.41. The van der Waals surface area contributed by atoms with Gasteiger partial charge in [-0.25, -0.2) is 0 Å². The molecule has 0 radical (unpaired) electrons. The summed E-state index contributed by atoms with van der Waals surface area (Å²) >= 11 is 3.53. The summed E-state index contributed by atoms with van der Waals surface area (Å²) in [5, 5.41) is 1.09. The van der Waals surface area contributed by atoms with Crippen LogP contribution in [0.5, 0.6) is 5.75 Å². The Bertz CT molecular complexity index is 365. The largest absolute Gasteiger partial charge is 0.497 e. The third-order valence-corrected chi connectivity index (χ3v) is 4.25. The quantitative estimate of drug-likeness (QED) is 0.709. The van der Waals surface area contributed by atoms with Gasteiger partial charge in [0.25, 0.3) is 0 Å². The van der Waals surface area contributed by atoms with Crippen molar-refractivity contribution in [3.05, 3.63) is 29.8 Å². The lowest BCUT2D eigenvalue weighted by atomic mass is 9.91. The molecule has 3 heteroatoms. The van der Waals surface area contributed by atoms with Crippen LogP contribution in [0.3, 0.4) is 0 Å². The van der Waals surface area contributed by atoms with Crippen molar-refractivity contribution < 1.29 is 4.74 Å². The fourth-order valence-corrected chi connectivity index (χ4v) is 2.66. The molecule has 0 unspecified atom stereocenters. The smallest absolute Gasteiger partial charge is 0.119 e. The van der Waals surface area contributed by atoms with Gasteiger partial charge in [0.05, 0.1) is 7.11 Å². The molecule has 0 N–H and O–H groups in total. The van der Waals surface area contributed by atoms with Crippen molar-refractivity contribution in [3.63, 3.8) is 0 Å². The Kier molecular flexibility index (Phi) is 5.51. The SMILES string of the molecule is COc1cccc(CN(CCCBr)C2CCC2)c1. The maximum atomic E-state index is 5.29. The minimum Gasteiger partial charge on any atom is -0.497 e. The monoisotopic (exact) mass is 311 g/mol. The van der Waals surface area contributed by atoms with E-state index in [2.05, 4.69) is 39.0 Å². The molecule has 2 rings (SSSR count). The highest BCUT2D eigenvalue weighted by Crippen LogP contribution is 2.27. The number of nitrogens with zero attached hydrogens (tertiary/aromatic N) is 1. The second-order valence-corrected chi connectivity index (χ2v) is 5.74. The number of hydrogen-bond acceptors (Lipinski definition) is 2. The van der Waals surface area contributed by atoms with Crippen LogP contribution in [-0.4, -0.2) is 29.9 Å². The van der Waals surface area contributed by atoms with Crippen molar-refractivity contribution in [2.75, 3.05) is 19.0 Å². The number of alkyl halides is 1. The van der Waals surface area contributed by atoms with Crippen LogP contribution in [0.15, 0.2) is 24.3 Å². The van der Waals surface area contributed by atoms with Gasteiger partial charge in [0.2, 0.25) is 0 Å². The topological polar surface area (TPSA) is 12.5 Å². The molecule has 1 fully saturated rings. The Labute approximate surface area is 118 Å². The van der Waals surface area contributed by atoms with Gasteiger partial charge in [0, 0.05) is 17.9 Å². The van der Waals surface area contributed by atoms with Crippen LogP contribution in [-0.2, 0) is 6.54 Å². The summed E-state index contributed by atoms with van der Waals surface area (Å²) in [6, 6.07) is 9.24. The maximum Gasteiger partial charge on any atom is 0.119 e. The molecule has 1 aromatic rings. The molecule has 0 heterocycles. The normalized spacial score (nSPS) is 15.7. The summed E-state index contributed by atoms with van der Waals surface area (Å²) in [7, 11) is 1.73. The van der Waals surface area contributed by atoms with Gasteiger partial charge in [-0.3, -0.25) is 4.90 Å². The average molecular weight is 312 g/mol. The number of ether oxygens (including phenoxy) is 1. The zero-order valence-corrected chi connectivity index (χ0v) is 12.7. The molecule has 0 atom stereocenters. The molecule has 2 nitrogen and oxygen atoms in total. The molecule has 0 aromatic heterocycles. The first-order valence-corrected chi connectivity index (χ1v) is 7.88. The number of halogens is 1. The van der Waals surface area contributed by atoms with Crippen molar-refractivity contribution >= 4 is 15.9 Å². The zero-order valence-electron chi connectivity index (χ0n) is 11.1. The molecule has 0 bridgehead atoms. The molecule has 0 spiro atoms. The summed E-state index contributed by atoms with van der Waals surface area (Å²) in [4.78, 5) is 2.62. The van der Waals surface area contributed by atoms with Gasteiger partial charge in [-0.05, 0) is 43.5 Å². The van der Waals surface area contributed by atoms with Crippen molar-refractivity contribution in [1.82, 2.24) is 4.90 Å². The van der Waals surface area contributed by atoms with E-state index in [-0.39, 0.29) is 0 Å². The van der Waals surface area contributed by atoms with Crippen molar-refractivity contribution in [2.45, 2.75) is 38.3 Å². The summed E-state index contributed by atoms with van der Waals surface area (Å²) in [5.74, 6) is 0.960. The molecule has 100 valence electrons. The highest BCUT2D eigenvalue weighted by atomic mass is 79.9. The van der Waals surface area contributed by atoms with Crippen LogP contribution in [0.2, 0.25) is 0 Å². The minimum absolute atomic E-state index is 0.801. The first-order chi connectivity index (χ1) is 8.83. The second-order valence-electron chi connectivity index (χ2n) is 4.95. The molecule has 0 saturated heterocycles. The van der Waals surface area contributed by atoms with E-state index in [4.69, 9.17) is 4.74 Å². The van der Waals surface area contributed by atoms with Crippen LogP contribution in [0.4, 0.5) is 0 Å². The predicted octanol–water partition coefficient (Wildman–Crippen LogP) is 3.83. The first-order valence-electron chi connectivity index (χ1n) is 6.76. The summed E-state index contributed by atoms with van der Waals surface area (Å²) in [6.45, 7) is 2.24. The van der Waals surface area contributed by atoms with E-state index in [0.717, 1.165) is 23.7 Å². The molecule has 0 amide bonds. The standard InChI is InChI=1S/C15H22BrNO/c1-18-15-8-2-5-13(11-15)12-17(10-4-9-16)14-6-3-7-14/h2,5,8,11,14H,3-4,6-7,9-10,12H2,1H3. The van der Waals surface area contributed by atoms with E-state index >= 15 is 0 Å². The number of benzene rings is 1. The Morgan fingerprint density at radius 1 is 1.39 bits per heavy atom. The van der Waals surface area contributed by atoms with E-state index in [1.54, 1.807) is 7.11 Å². The van der Waals surface area contributed by atoms with Gasteiger partial charge in [0.15, 0.2) is 0 Å². The lowest BCUT2D eigenvalue weighted by Crippen LogP contribution is -2.40. The lowest BCUT2D eigenvalue weighted by molar-refractivity contribution is 0.120. The molecule has 1 saturated carbocycles. The van der Waals surface area contributed by atoms with Crippen LogP contribution in [0, 0.1) is 0 Å². The van der Waals surface area contributed by atoms with Crippen molar-refractivity contribution in [3.8, 4) is 5.75 Å². The van der Waals surface area contributed by atoms with Crippen LogP contribution in [0.25, 0.3) is 0 Å². The van der Waals surface area contributed by atoms with Crippen LogP contribution < -0.4 is 4.74 Å². The number of rotatable bonds is 7. The highest BCUT2D eigenvalue weighted by molar-refractivity contribution is 9.09. The molecular weight excluding hydrogens is 290 g/mol. The Hall–Kier alpha value is -0.540. The van der Waals surface area contributed by atoms with Gasteiger partial charge in [-0.1, -0.05) is 34.5 Å². The molecule has 0 aliphatic heterocycles. The summed E-state index contributed by atoms with van der Waals surface area (Å²) in [6.07, 6.45) is 5.35. The van der Waals surface area contributed by atoms with Crippen LogP contribution >= 0.6 is 15.9 Å². The third kappa shape index (κ3) is 3.72. The Morgan fingerprint density at radius 2 is 2.22 bits per heavy atom. The Morgan fingerprint density at radius 3 is 2.83 bits per heavy atom. The molecular formula is C15H22BrNO. The van der Waals surface area contributed by atoms with Crippen LogP contribution in [0.1, 0.15) is 31.2 Å². The third-order valence-electron chi connectivity index (χ3n) is 3.69. The minimum atomic E-state index is 0.801. The van der Waals surface area contributed by atoms with E-state index in [9.17, 15) is 0 Å².